The molecule has 2 aromatic rings. The minimum atomic E-state index is -4.53. The van der Waals surface area contributed by atoms with Crippen LogP contribution >= 0.6 is 0 Å². The van der Waals surface area contributed by atoms with E-state index in [0.29, 0.717) is 24.1 Å². The maximum atomic E-state index is 14.5. The number of nitrogens with zero attached hydrogens (tertiary/aromatic N) is 1. The molecule has 1 saturated carbocycles. The number of carbonyl (C=O) groups is 1. The van der Waals surface area contributed by atoms with Gasteiger partial charge in [-0.2, -0.15) is 13.2 Å². The van der Waals surface area contributed by atoms with E-state index in [9.17, 15) is 23.1 Å². The van der Waals surface area contributed by atoms with Gasteiger partial charge in [-0.25, -0.2) is 0 Å². The molecular weight excluding hydrogens is 467 g/mol. The van der Waals surface area contributed by atoms with Crippen LogP contribution in [-0.4, -0.2) is 34.2 Å². The van der Waals surface area contributed by atoms with Crippen molar-refractivity contribution < 1.29 is 27.8 Å². The van der Waals surface area contributed by atoms with Crippen LogP contribution in [0.25, 0.3) is 10.8 Å². The van der Waals surface area contributed by atoms with Gasteiger partial charge in [0.25, 0.3) is 0 Å². The monoisotopic (exact) mass is 503 g/mol. The van der Waals surface area contributed by atoms with E-state index in [1.54, 1.807) is 18.2 Å². The van der Waals surface area contributed by atoms with E-state index >= 15 is 0 Å². The second-order valence-electron chi connectivity index (χ2n) is 11.2. The Morgan fingerprint density at radius 3 is 2.28 bits per heavy atom. The second kappa shape index (κ2) is 9.88. The maximum Gasteiger partial charge on any atom is 0.420 e. The van der Waals surface area contributed by atoms with Crippen LogP contribution in [0.3, 0.4) is 0 Å². The third-order valence-corrected chi connectivity index (χ3v) is 8.82. The summed E-state index contributed by atoms with van der Waals surface area (Å²) >= 11 is 0. The summed E-state index contributed by atoms with van der Waals surface area (Å²) in [4.78, 5) is 14.0. The molecule has 3 unspecified atom stereocenters. The quantitative estimate of drug-likeness (QED) is 0.441. The van der Waals surface area contributed by atoms with Crippen molar-refractivity contribution in [2.24, 2.45) is 11.8 Å². The van der Waals surface area contributed by atoms with Gasteiger partial charge in [-0.15, -0.1) is 0 Å². The van der Waals surface area contributed by atoms with Crippen molar-refractivity contribution in [2.75, 3.05) is 0 Å². The Balaban J connectivity index is 1.50. The van der Waals surface area contributed by atoms with Crippen LogP contribution < -0.4 is 4.74 Å². The minimum absolute atomic E-state index is 0.0351. The summed E-state index contributed by atoms with van der Waals surface area (Å²) in [7, 11) is 0. The van der Waals surface area contributed by atoms with Gasteiger partial charge in [-0.3, -0.25) is 9.69 Å². The Kier molecular flexibility index (Phi) is 6.96. The lowest BCUT2D eigenvalue weighted by atomic mass is 9.87. The number of carboxylic acids is 1. The third-order valence-electron chi connectivity index (χ3n) is 8.82. The Hall–Kier alpha value is -2.28. The molecule has 1 aliphatic carbocycles. The smallest absolute Gasteiger partial charge is 0.420 e. The highest BCUT2D eigenvalue weighted by atomic mass is 19.4. The number of alkyl halides is 3. The highest BCUT2D eigenvalue weighted by Gasteiger charge is 2.46. The molecule has 0 spiro atoms. The number of aliphatic carboxylic acids is 1. The van der Waals surface area contributed by atoms with E-state index in [-0.39, 0.29) is 41.3 Å². The SMILES string of the molecule is CCC(c1ccc2ccc(O[C@H]3CC[C@@H](C)CC3)c(C(F)(F)F)c2c1)N1C2CCC1CC(C(=O)O)C2. The fraction of sp³-hybridized carbons (Fsp3) is 0.621. The number of rotatable bonds is 6. The predicted octanol–water partition coefficient (Wildman–Crippen LogP) is 7.59. The Labute approximate surface area is 210 Å². The molecule has 0 amide bonds. The molecule has 3 aliphatic rings. The Bertz CT molecular complexity index is 1090. The van der Waals surface area contributed by atoms with Gasteiger partial charge in [0.2, 0.25) is 0 Å². The first kappa shape index (κ1) is 25.4. The van der Waals surface area contributed by atoms with Crippen molar-refractivity contribution >= 4 is 16.7 Å². The van der Waals surface area contributed by atoms with Crippen molar-refractivity contribution in [1.82, 2.24) is 4.90 Å². The van der Waals surface area contributed by atoms with E-state index in [4.69, 9.17) is 4.74 Å². The number of halogens is 3. The standard InChI is InChI=1S/C29H36F3NO3/c1-3-25(33-21-9-10-22(33)15-20(14-21)28(34)35)19-7-6-18-8-13-26(27(24(18)16-19)29(30,31)32)36-23-11-4-17(2)5-12-23/h6-8,13,16-17,20-23,25H,3-5,9-12,14-15H2,1-2H3,(H,34,35)/t17-,20?,21?,22?,23+,25?. The molecule has 2 aromatic carbocycles. The first-order chi connectivity index (χ1) is 17.2. The molecule has 0 aromatic heterocycles. The highest BCUT2D eigenvalue weighted by Crippen LogP contribution is 2.47. The molecule has 2 heterocycles. The Morgan fingerprint density at radius 2 is 1.69 bits per heavy atom. The number of hydrogen-bond donors (Lipinski definition) is 1. The molecule has 36 heavy (non-hydrogen) atoms. The van der Waals surface area contributed by atoms with Crippen LogP contribution in [-0.2, 0) is 11.0 Å². The number of fused-ring (bicyclic) bond motifs is 3. The van der Waals surface area contributed by atoms with Gasteiger partial charge < -0.3 is 9.84 Å². The summed E-state index contributed by atoms with van der Waals surface area (Å²) in [6.07, 6.45) is 2.68. The average Bonchev–Trinajstić information content (AvgIpc) is 3.07. The van der Waals surface area contributed by atoms with Gasteiger partial charge in [0, 0.05) is 18.1 Å². The van der Waals surface area contributed by atoms with Gasteiger partial charge in [-0.1, -0.05) is 32.0 Å². The van der Waals surface area contributed by atoms with Gasteiger partial charge >= 0.3 is 12.1 Å². The van der Waals surface area contributed by atoms with Crippen LogP contribution in [0.15, 0.2) is 30.3 Å². The fourth-order valence-corrected chi connectivity index (χ4v) is 6.98. The summed E-state index contributed by atoms with van der Waals surface area (Å²) in [6.45, 7) is 4.24. The molecule has 3 fully saturated rings. The lowest BCUT2D eigenvalue weighted by Crippen LogP contribution is -2.46. The molecule has 7 heteroatoms. The van der Waals surface area contributed by atoms with Crippen molar-refractivity contribution in [1.29, 1.82) is 0 Å². The molecule has 4 nitrogen and oxygen atoms in total. The molecule has 3 atom stereocenters. The van der Waals surface area contributed by atoms with Crippen molar-refractivity contribution in [3.05, 3.63) is 41.5 Å². The first-order valence-electron chi connectivity index (χ1n) is 13.5. The van der Waals surface area contributed by atoms with Crippen LogP contribution in [0.2, 0.25) is 0 Å². The first-order valence-corrected chi connectivity index (χ1v) is 13.5. The van der Waals surface area contributed by atoms with E-state index in [0.717, 1.165) is 50.5 Å². The Morgan fingerprint density at radius 1 is 1.06 bits per heavy atom. The zero-order valence-electron chi connectivity index (χ0n) is 21.1. The molecule has 196 valence electrons. The topological polar surface area (TPSA) is 49.8 Å². The number of benzene rings is 2. The largest absolute Gasteiger partial charge is 0.490 e. The third kappa shape index (κ3) is 4.83. The fourth-order valence-electron chi connectivity index (χ4n) is 6.98. The van der Waals surface area contributed by atoms with Crippen LogP contribution in [0.5, 0.6) is 5.75 Å². The molecule has 1 N–H and O–H groups in total. The lowest BCUT2D eigenvalue weighted by molar-refractivity contribution is -0.145. The second-order valence-corrected chi connectivity index (χ2v) is 11.2. The highest BCUT2D eigenvalue weighted by molar-refractivity contribution is 5.89. The summed E-state index contributed by atoms with van der Waals surface area (Å²) in [6, 6.07) is 8.96. The summed E-state index contributed by atoms with van der Waals surface area (Å²) in [5.41, 5.74) is 0.188. The van der Waals surface area contributed by atoms with Gasteiger partial charge in [0.15, 0.2) is 0 Å². The normalized spacial score (nSPS) is 29.9. The summed E-state index contributed by atoms with van der Waals surface area (Å²) in [5, 5.41) is 10.3. The maximum absolute atomic E-state index is 14.5. The van der Waals surface area contributed by atoms with Crippen molar-refractivity contribution in [2.45, 2.75) is 102 Å². The molecule has 0 radical (unpaired) electrons. The van der Waals surface area contributed by atoms with Crippen molar-refractivity contribution in [3.8, 4) is 5.75 Å². The van der Waals surface area contributed by atoms with E-state index in [1.165, 1.54) is 6.07 Å². The molecule has 2 bridgehead atoms. The average molecular weight is 504 g/mol. The number of ether oxygens (including phenoxy) is 1. The van der Waals surface area contributed by atoms with E-state index < -0.39 is 17.7 Å². The van der Waals surface area contributed by atoms with E-state index in [1.807, 2.05) is 6.07 Å². The summed E-state index contributed by atoms with van der Waals surface area (Å²) in [5.74, 6) is -0.540. The minimum Gasteiger partial charge on any atom is -0.490 e. The van der Waals surface area contributed by atoms with Gasteiger partial charge in [-0.05, 0) is 92.2 Å². The number of hydrogen-bond acceptors (Lipinski definition) is 3. The van der Waals surface area contributed by atoms with Gasteiger partial charge in [0.1, 0.15) is 11.3 Å². The number of carboxylic acid groups (broad SMARTS) is 1. The molecular formula is C29H36F3NO3. The van der Waals surface area contributed by atoms with Gasteiger partial charge in [0.05, 0.1) is 12.0 Å². The van der Waals surface area contributed by atoms with Crippen LogP contribution in [0, 0.1) is 11.8 Å². The van der Waals surface area contributed by atoms with Crippen molar-refractivity contribution in [3.63, 3.8) is 0 Å². The zero-order valence-corrected chi connectivity index (χ0v) is 21.1. The lowest BCUT2D eigenvalue weighted by Gasteiger charge is -2.42. The molecule has 5 rings (SSSR count). The van der Waals surface area contributed by atoms with Crippen LogP contribution in [0.4, 0.5) is 13.2 Å². The number of piperidine rings is 1. The zero-order chi connectivity index (χ0) is 25.6. The summed E-state index contributed by atoms with van der Waals surface area (Å²) < 4.78 is 49.4. The molecule has 2 aliphatic heterocycles. The van der Waals surface area contributed by atoms with E-state index in [2.05, 4.69) is 18.7 Å². The molecule has 2 saturated heterocycles. The predicted molar refractivity (Wildman–Crippen MR) is 133 cm³/mol. The van der Waals surface area contributed by atoms with Crippen LogP contribution in [0.1, 0.15) is 88.8 Å².